The van der Waals surface area contributed by atoms with Crippen LogP contribution in [0.4, 0.5) is 0 Å². The molecule has 3 rings (SSSR count). The number of para-hydroxylation sites is 1. The van der Waals surface area contributed by atoms with Gasteiger partial charge in [0, 0.05) is 11.6 Å². The number of ether oxygens (including phenoxy) is 1. The van der Waals surface area contributed by atoms with Crippen LogP contribution in [0, 0.1) is 5.92 Å². The van der Waals surface area contributed by atoms with Crippen LogP contribution in [0.2, 0.25) is 0 Å². The molecule has 1 saturated carbocycles. The Morgan fingerprint density at radius 1 is 1.27 bits per heavy atom. The Kier molecular flexibility index (Phi) is 5.86. The maximum absolute atomic E-state index is 12.4. The first-order valence-electron chi connectivity index (χ1n) is 7.71. The van der Waals surface area contributed by atoms with Crippen molar-refractivity contribution in [1.82, 2.24) is 5.32 Å². The molecule has 1 amide bonds. The number of nitrogens with two attached hydrogens (primary N) is 1. The van der Waals surface area contributed by atoms with Crippen molar-refractivity contribution >= 4 is 24.4 Å². The van der Waals surface area contributed by atoms with Crippen LogP contribution >= 0.6 is 12.4 Å². The molecule has 0 saturated heterocycles. The minimum atomic E-state index is -0.0187. The van der Waals surface area contributed by atoms with E-state index in [1.54, 1.807) is 0 Å². The third-order valence-electron chi connectivity index (χ3n) is 4.45. The summed E-state index contributed by atoms with van der Waals surface area (Å²) in [5.41, 5.74) is 7.48. The fourth-order valence-corrected chi connectivity index (χ4v) is 3.19. The monoisotopic (exact) mass is 322 g/mol. The molecular formula is C17H23ClN2O2. The molecule has 2 atom stereocenters. The third-order valence-corrected chi connectivity index (χ3v) is 4.45. The second-order valence-corrected chi connectivity index (χ2v) is 5.86. The highest BCUT2D eigenvalue weighted by atomic mass is 35.5. The van der Waals surface area contributed by atoms with Gasteiger partial charge in [-0.3, -0.25) is 4.79 Å². The van der Waals surface area contributed by atoms with Crippen LogP contribution in [0.3, 0.4) is 0 Å². The number of carbonyl (C=O) groups is 1. The second-order valence-electron chi connectivity index (χ2n) is 5.86. The molecule has 1 heterocycles. The molecule has 1 aliphatic carbocycles. The van der Waals surface area contributed by atoms with Crippen LogP contribution in [0.25, 0.3) is 6.08 Å². The van der Waals surface area contributed by atoms with Gasteiger partial charge in [0.2, 0.25) is 0 Å². The predicted molar refractivity (Wildman–Crippen MR) is 90.1 cm³/mol. The summed E-state index contributed by atoms with van der Waals surface area (Å²) in [6, 6.07) is 7.97. The van der Waals surface area contributed by atoms with E-state index in [-0.39, 0.29) is 24.4 Å². The lowest BCUT2D eigenvalue weighted by Crippen LogP contribution is -2.45. The number of hydrogen-bond donors (Lipinski definition) is 2. The van der Waals surface area contributed by atoms with Gasteiger partial charge in [-0.25, -0.2) is 0 Å². The quantitative estimate of drug-likeness (QED) is 0.898. The summed E-state index contributed by atoms with van der Waals surface area (Å²) in [5, 5.41) is 3.15. The first-order chi connectivity index (χ1) is 10.3. The molecular weight excluding hydrogens is 300 g/mol. The number of benzene rings is 1. The molecule has 0 radical (unpaired) electrons. The molecule has 1 aliphatic heterocycles. The van der Waals surface area contributed by atoms with Gasteiger partial charge in [0.15, 0.2) is 0 Å². The molecule has 4 nitrogen and oxygen atoms in total. The van der Waals surface area contributed by atoms with Crippen LogP contribution in [0.1, 0.15) is 31.2 Å². The summed E-state index contributed by atoms with van der Waals surface area (Å²) in [6.07, 6.45) is 6.44. The predicted octanol–water partition coefficient (Wildman–Crippen LogP) is 2.52. The number of carbonyl (C=O) groups excluding carboxylic acids is 1. The van der Waals surface area contributed by atoms with Crippen LogP contribution in [0.15, 0.2) is 29.8 Å². The Morgan fingerprint density at radius 3 is 2.86 bits per heavy atom. The van der Waals surface area contributed by atoms with Gasteiger partial charge >= 0.3 is 0 Å². The van der Waals surface area contributed by atoms with Crippen molar-refractivity contribution in [3.63, 3.8) is 0 Å². The normalized spacial score (nSPS) is 23.4. The van der Waals surface area contributed by atoms with Crippen molar-refractivity contribution in [3.05, 3.63) is 35.4 Å². The van der Waals surface area contributed by atoms with Crippen molar-refractivity contribution in [1.29, 1.82) is 0 Å². The van der Waals surface area contributed by atoms with E-state index < -0.39 is 0 Å². The van der Waals surface area contributed by atoms with Crippen molar-refractivity contribution in [3.8, 4) is 5.75 Å². The standard InChI is InChI=1S/C17H22N2O2.ClH/c18-10-13-6-1-3-7-15(13)19-17(20)14-9-12-5-2-4-8-16(12)21-11-14;/h2,4-5,8-9,13,15H,1,3,6-7,10-11,18H2,(H,19,20);1H. The number of amides is 1. The summed E-state index contributed by atoms with van der Waals surface area (Å²) in [5.74, 6) is 1.22. The molecule has 120 valence electrons. The Hall–Kier alpha value is -1.52. The zero-order valence-corrected chi connectivity index (χ0v) is 13.4. The Balaban J connectivity index is 0.00000176. The molecule has 0 bridgehead atoms. The first kappa shape index (κ1) is 16.8. The highest BCUT2D eigenvalue weighted by molar-refractivity contribution is 5.99. The van der Waals surface area contributed by atoms with Gasteiger partial charge in [-0.2, -0.15) is 0 Å². The molecule has 5 heteroatoms. The van der Waals surface area contributed by atoms with E-state index in [4.69, 9.17) is 10.5 Å². The van der Waals surface area contributed by atoms with Crippen LogP contribution in [-0.2, 0) is 4.79 Å². The molecule has 2 aliphatic rings. The fourth-order valence-electron chi connectivity index (χ4n) is 3.19. The van der Waals surface area contributed by atoms with Crippen LogP contribution in [0.5, 0.6) is 5.75 Å². The minimum Gasteiger partial charge on any atom is -0.488 e. The van der Waals surface area contributed by atoms with Crippen molar-refractivity contribution in [2.24, 2.45) is 11.7 Å². The molecule has 1 fully saturated rings. The van der Waals surface area contributed by atoms with Gasteiger partial charge < -0.3 is 15.8 Å². The Morgan fingerprint density at radius 2 is 2.05 bits per heavy atom. The van der Waals surface area contributed by atoms with E-state index in [1.165, 1.54) is 12.8 Å². The van der Waals surface area contributed by atoms with Gasteiger partial charge in [-0.05, 0) is 37.4 Å². The highest BCUT2D eigenvalue weighted by Gasteiger charge is 2.27. The van der Waals surface area contributed by atoms with Crippen molar-refractivity contribution in [2.45, 2.75) is 31.7 Å². The smallest absolute Gasteiger partial charge is 0.250 e. The summed E-state index contributed by atoms with van der Waals surface area (Å²) >= 11 is 0. The third kappa shape index (κ3) is 3.62. The van der Waals surface area contributed by atoms with Gasteiger partial charge in [0.25, 0.3) is 5.91 Å². The molecule has 1 aromatic carbocycles. The SMILES string of the molecule is Cl.NCC1CCCCC1NC(=O)C1=Cc2ccccc2OC1. The Labute approximate surface area is 137 Å². The zero-order valence-electron chi connectivity index (χ0n) is 12.6. The van der Waals surface area contributed by atoms with Crippen molar-refractivity contribution in [2.75, 3.05) is 13.2 Å². The highest BCUT2D eigenvalue weighted by Crippen LogP contribution is 2.27. The number of hydrogen-bond acceptors (Lipinski definition) is 3. The van der Waals surface area contributed by atoms with Gasteiger partial charge in [0.05, 0.1) is 5.57 Å². The fraction of sp³-hybridized carbons (Fsp3) is 0.471. The average Bonchev–Trinajstić information content (AvgIpc) is 2.55. The van der Waals surface area contributed by atoms with E-state index in [0.717, 1.165) is 24.2 Å². The van der Waals surface area contributed by atoms with E-state index in [9.17, 15) is 4.79 Å². The lowest BCUT2D eigenvalue weighted by atomic mass is 9.84. The lowest BCUT2D eigenvalue weighted by molar-refractivity contribution is -0.119. The summed E-state index contributed by atoms with van der Waals surface area (Å²) in [7, 11) is 0. The van der Waals surface area contributed by atoms with Gasteiger partial charge in [-0.15, -0.1) is 12.4 Å². The van der Waals surface area contributed by atoms with Crippen molar-refractivity contribution < 1.29 is 9.53 Å². The molecule has 22 heavy (non-hydrogen) atoms. The van der Waals surface area contributed by atoms with Crippen LogP contribution in [-0.4, -0.2) is 25.1 Å². The maximum Gasteiger partial charge on any atom is 0.250 e. The lowest BCUT2D eigenvalue weighted by Gasteiger charge is -2.31. The summed E-state index contributed by atoms with van der Waals surface area (Å²) in [4.78, 5) is 12.4. The van der Waals surface area contributed by atoms with E-state index in [1.807, 2.05) is 30.3 Å². The van der Waals surface area contributed by atoms with Crippen LogP contribution < -0.4 is 15.8 Å². The molecule has 2 unspecified atom stereocenters. The first-order valence-corrected chi connectivity index (χ1v) is 7.71. The second kappa shape index (κ2) is 7.65. The summed E-state index contributed by atoms with van der Waals surface area (Å²) < 4.78 is 5.65. The number of halogens is 1. The van der Waals surface area contributed by atoms with E-state index in [2.05, 4.69) is 5.32 Å². The zero-order chi connectivity index (χ0) is 14.7. The van der Waals surface area contributed by atoms with Gasteiger partial charge in [0.1, 0.15) is 12.4 Å². The molecule has 1 aromatic rings. The maximum atomic E-state index is 12.4. The number of nitrogens with one attached hydrogen (secondary N) is 1. The van der Waals surface area contributed by atoms with E-state index >= 15 is 0 Å². The number of fused-ring (bicyclic) bond motifs is 1. The largest absolute Gasteiger partial charge is 0.488 e. The minimum absolute atomic E-state index is 0. The van der Waals surface area contributed by atoms with E-state index in [0.29, 0.717) is 24.6 Å². The molecule has 0 aromatic heterocycles. The average molecular weight is 323 g/mol. The summed E-state index contributed by atoms with van der Waals surface area (Å²) in [6.45, 7) is 0.978. The topological polar surface area (TPSA) is 64.3 Å². The van der Waals surface area contributed by atoms with Gasteiger partial charge in [-0.1, -0.05) is 31.0 Å². The molecule has 3 N–H and O–H groups in total. The molecule has 0 spiro atoms. The Bertz CT molecular complexity index is 559. The number of rotatable bonds is 3.